The topological polar surface area (TPSA) is 43.0 Å². The molecule has 2 heterocycles. The van der Waals surface area contributed by atoms with Gasteiger partial charge in [-0.05, 0) is 30.2 Å². The molecule has 0 spiro atoms. The summed E-state index contributed by atoms with van der Waals surface area (Å²) in [6.07, 6.45) is 2.87. The zero-order valence-corrected chi connectivity index (χ0v) is 10.1. The van der Waals surface area contributed by atoms with Crippen molar-refractivity contribution in [3.05, 3.63) is 35.0 Å². The van der Waals surface area contributed by atoms with Gasteiger partial charge in [0, 0.05) is 13.2 Å². The third-order valence-electron chi connectivity index (χ3n) is 2.32. The first kappa shape index (κ1) is 11.1. The number of anilines is 1. The molecule has 0 fully saturated rings. The Balaban J connectivity index is 2.04. The highest BCUT2D eigenvalue weighted by molar-refractivity contribution is 6.28. The zero-order valence-electron chi connectivity index (χ0n) is 9.33. The van der Waals surface area contributed by atoms with E-state index in [2.05, 4.69) is 17.3 Å². The molecule has 0 bridgehead atoms. The van der Waals surface area contributed by atoms with Crippen LogP contribution in [-0.2, 0) is 20.0 Å². The molecule has 0 unspecified atom stereocenters. The summed E-state index contributed by atoms with van der Waals surface area (Å²) in [5.74, 6) is 0.816. The summed E-state index contributed by atoms with van der Waals surface area (Å²) in [4.78, 5) is 0. The van der Waals surface area contributed by atoms with Crippen molar-refractivity contribution >= 4 is 17.3 Å². The van der Waals surface area contributed by atoms with Crippen molar-refractivity contribution in [2.45, 2.75) is 19.9 Å². The molecular formula is C11H14ClN3O. The van der Waals surface area contributed by atoms with E-state index in [0.29, 0.717) is 11.8 Å². The van der Waals surface area contributed by atoms with Crippen molar-refractivity contribution < 1.29 is 4.42 Å². The minimum absolute atomic E-state index is 0.415. The second-order valence-electron chi connectivity index (χ2n) is 3.58. The molecule has 0 saturated carbocycles. The second-order valence-corrected chi connectivity index (χ2v) is 3.95. The fourth-order valence-corrected chi connectivity index (χ4v) is 1.73. The second kappa shape index (κ2) is 4.61. The van der Waals surface area contributed by atoms with E-state index in [0.717, 1.165) is 23.6 Å². The number of hydrogen-bond donors (Lipinski definition) is 1. The Bertz CT molecular complexity index is 475. The number of hydrogen-bond acceptors (Lipinski definition) is 3. The summed E-state index contributed by atoms with van der Waals surface area (Å²) < 4.78 is 7.06. The highest BCUT2D eigenvalue weighted by Gasteiger charge is 2.06. The number of nitrogens with zero attached hydrogens (tertiary/aromatic N) is 2. The van der Waals surface area contributed by atoms with Gasteiger partial charge in [-0.3, -0.25) is 4.68 Å². The van der Waals surface area contributed by atoms with Crippen molar-refractivity contribution in [2.24, 2.45) is 7.05 Å². The summed E-state index contributed by atoms with van der Waals surface area (Å²) in [6, 6.07) is 3.60. The predicted molar refractivity (Wildman–Crippen MR) is 63.6 cm³/mol. The third-order valence-corrected chi connectivity index (χ3v) is 2.53. The van der Waals surface area contributed by atoms with Gasteiger partial charge in [-0.1, -0.05) is 6.92 Å². The lowest BCUT2D eigenvalue weighted by Crippen LogP contribution is -1.99. The van der Waals surface area contributed by atoms with Gasteiger partial charge in [0.2, 0.25) is 0 Å². The van der Waals surface area contributed by atoms with Crippen LogP contribution in [0.5, 0.6) is 0 Å². The van der Waals surface area contributed by atoms with Crippen LogP contribution in [-0.4, -0.2) is 9.78 Å². The maximum Gasteiger partial charge on any atom is 0.193 e. The Morgan fingerprint density at radius 1 is 1.50 bits per heavy atom. The molecule has 16 heavy (non-hydrogen) atoms. The number of rotatable bonds is 4. The van der Waals surface area contributed by atoms with Crippen LogP contribution in [0.2, 0.25) is 5.22 Å². The lowest BCUT2D eigenvalue weighted by Gasteiger charge is -2.02. The number of aromatic nitrogens is 2. The van der Waals surface area contributed by atoms with Crippen LogP contribution in [0.4, 0.5) is 5.69 Å². The average Bonchev–Trinajstić information content (AvgIpc) is 2.81. The highest BCUT2D eigenvalue weighted by Crippen LogP contribution is 2.17. The third kappa shape index (κ3) is 2.39. The average molecular weight is 240 g/mol. The number of aryl methyl sites for hydroxylation is 2. The summed E-state index contributed by atoms with van der Waals surface area (Å²) in [5.41, 5.74) is 2.10. The van der Waals surface area contributed by atoms with E-state index in [4.69, 9.17) is 16.0 Å². The first-order valence-electron chi connectivity index (χ1n) is 5.19. The van der Waals surface area contributed by atoms with E-state index in [9.17, 15) is 0 Å². The van der Waals surface area contributed by atoms with Crippen molar-refractivity contribution in [1.29, 1.82) is 0 Å². The lowest BCUT2D eigenvalue weighted by molar-refractivity contribution is 0.520. The molecule has 2 rings (SSSR count). The van der Waals surface area contributed by atoms with Crippen molar-refractivity contribution in [3.8, 4) is 0 Å². The predicted octanol–water partition coefficient (Wildman–Crippen LogP) is 2.84. The van der Waals surface area contributed by atoms with Gasteiger partial charge in [0.25, 0.3) is 0 Å². The summed E-state index contributed by atoms with van der Waals surface area (Å²) in [6.45, 7) is 2.70. The summed E-state index contributed by atoms with van der Waals surface area (Å²) >= 11 is 5.69. The Hall–Kier alpha value is -1.42. The van der Waals surface area contributed by atoms with Crippen LogP contribution >= 0.6 is 11.6 Å². The molecule has 86 valence electrons. The molecule has 0 aliphatic carbocycles. The highest BCUT2D eigenvalue weighted by atomic mass is 35.5. The fraction of sp³-hybridized carbons (Fsp3) is 0.364. The summed E-state index contributed by atoms with van der Waals surface area (Å²) in [7, 11) is 1.91. The molecule has 5 heteroatoms. The molecule has 0 saturated heterocycles. The first-order valence-corrected chi connectivity index (χ1v) is 5.57. The molecule has 0 aromatic carbocycles. The van der Waals surface area contributed by atoms with Crippen molar-refractivity contribution in [1.82, 2.24) is 9.78 Å². The standard InChI is InChI=1S/C11H14ClN3O/c1-3-9-10(7-15(2)14-9)13-6-8-4-5-11(12)16-8/h4-5,7,13H,3,6H2,1-2H3. The van der Waals surface area contributed by atoms with Gasteiger partial charge in [0.05, 0.1) is 17.9 Å². The molecule has 1 N–H and O–H groups in total. The van der Waals surface area contributed by atoms with E-state index in [1.165, 1.54) is 0 Å². The van der Waals surface area contributed by atoms with Gasteiger partial charge in [0.1, 0.15) is 5.76 Å². The number of halogens is 1. The molecular weight excluding hydrogens is 226 g/mol. The minimum Gasteiger partial charge on any atom is -0.448 e. The smallest absolute Gasteiger partial charge is 0.193 e. The van der Waals surface area contributed by atoms with Gasteiger partial charge in [-0.25, -0.2) is 0 Å². The Labute approximate surface area is 99.2 Å². The SMILES string of the molecule is CCc1nn(C)cc1NCc1ccc(Cl)o1. The maximum atomic E-state index is 5.69. The van der Waals surface area contributed by atoms with E-state index in [1.54, 1.807) is 10.7 Å². The van der Waals surface area contributed by atoms with Crippen molar-refractivity contribution in [3.63, 3.8) is 0 Å². The zero-order chi connectivity index (χ0) is 11.5. The molecule has 0 radical (unpaired) electrons. The lowest BCUT2D eigenvalue weighted by atomic mass is 10.3. The molecule has 0 aliphatic rings. The molecule has 4 nitrogen and oxygen atoms in total. The first-order chi connectivity index (χ1) is 7.69. The van der Waals surface area contributed by atoms with Crippen LogP contribution in [0.25, 0.3) is 0 Å². The monoisotopic (exact) mass is 239 g/mol. The fourth-order valence-electron chi connectivity index (χ4n) is 1.57. The Morgan fingerprint density at radius 3 is 2.94 bits per heavy atom. The van der Waals surface area contributed by atoms with Crippen LogP contribution in [0.3, 0.4) is 0 Å². The Kier molecular flexibility index (Phi) is 3.19. The van der Waals surface area contributed by atoms with E-state index in [1.807, 2.05) is 19.3 Å². The van der Waals surface area contributed by atoms with Crippen LogP contribution in [0.15, 0.2) is 22.7 Å². The van der Waals surface area contributed by atoms with Crippen molar-refractivity contribution in [2.75, 3.05) is 5.32 Å². The van der Waals surface area contributed by atoms with Crippen LogP contribution < -0.4 is 5.32 Å². The van der Waals surface area contributed by atoms with Gasteiger partial charge < -0.3 is 9.73 Å². The van der Waals surface area contributed by atoms with E-state index >= 15 is 0 Å². The molecule has 0 amide bonds. The van der Waals surface area contributed by atoms with Crippen LogP contribution in [0, 0.1) is 0 Å². The largest absolute Gasteiger partial charge is 0.448 e. The van der Waals surface area contributed by atoms with E-state index in [-0.39, 0.29) is 0 Å². The van der Waals surface area contributed by atoms with Gasteiger partial charge in [0.15, 0.2) is 5.22 Å². The number of nitrogens with one attached hydrogen (secondary N) is 1. The van der Waals surface area contributed by atoms with E-state index < -0.39 is 0 Å². The quantitative estimate of drug-likeness (QED) is 0.892. The Morgan fingerprint density at radius 2 is 2.31 bits per heavy atom. The molecule has 2 aromatic heterocycles. The van der Waals surface area contributed by atoms with Crippen LogP contribution in [0.1, 0.15) is 18.4 Å². The molecule has 0 aliphatic heterocycles. The van der Waals surface area contributed by atoms with Gasteiger partial charge in [-0.15, -0.1) is 0 Å². The minimum atomic E-state index is 0.415. The molecule has 2 aromatic rings. The normalized spacial score (nSPS) is 10.7. The maximum absolute atomic E-state index is 5.69. The summed E-state index contributed by atoms with van der Waals surface area (Å²) in [5, 5.41) is 8.04. The number of furan rings is 1. The molecule has 0 atom stereocenters. The van der Waals surface area contributed by atoms with Gasteiger partial charge >= 0.3 is 0 Å². The van der Waals surface area contributed by atoms with Gasteiger partial charge in [-0.2, -0.15) is 5.10 Å².